The van der Waals surface area contributed by atoms with E-state index in [-0.39, 0.29) is 24.1 Å². The maximum absolute atomic E-state index is 13.0. The van der Waals surface area contributed by atoms with Gasteiger partial charge in [-0.1, -0.05) is 45.0 Å². The van der Waals surface area contributed by atoms with E-state index in [1.807, 2.05) is 26.8 Å². The fourth-order valence-corrected chi connectivity index (χ4v) is 4.74. The Morgan fingerprint density at radius 3 is 2.58 bits per heavy atom. The topological polar surface area (TPSA) is 52.0 Å². The van der Waals surface area contributed by atoms with E-state index in [0.717, 1.165) is 35.4 Å². The Balaban J connectivity index is 1.87. The molecule has 0 saturated carbocycles. The summed E-state index contributed by atoms with van der Waals surface area (Å²) < 4.78 is 13.9. The van der Waals surface area contributed by atoms with Gasteiger partial charge in [-0.05, 0) is 55.5 Å². The molecular formula is C28H36N2O3. The molecule has 1 saturated heterocycles. The number of hydrogen-bond donors (Lipinski definition) is 1. The van der Waals surface area contributed by atoms with Crippen LogP contribution in [0.5, 0.6) is 0 Å². The molecule has 1 fully saturated rings. The number of aromatic nitrogens is 1. The second kappa shape index (κ2) is 9.70. The molecule has 1 aromatic carbocycles. The largest absolute Gasteiger partial charge is 0.459 e. The van der Waals surface area contributed by atoms with Crippen molar-refractivity contribution < 1.29 is 14.3 Å². The first-order valence-corrected chi connectivity index (χ1v) is 12.1. The lowest BCUT2D eigenvalue weighted by molar-refractivity contribution is 0.0134. The third kappa shape index (κ3) is 4.85. The van der Waals surface area contributed by atoms with Gasteiger partial charge in [0.25, 0.3) is 0 Å². The lowest BCUT2D eigenvalue weighted by atomic mass is 9.93. The van der Waals surface area contributed by atoms with Gasteiger partial charge in [0.1, 0.15) is 0 Å². The van der Waals surface area contributed by atoms with Gasteiger partial charge in [-0.25, -0.2) is 4.79 Å². The number of carbonyl (C=O) groups is 1. The Morgan fingerprint density at radius 2 is 1.91 bits per heavy atom. The summed E-state index contributed by atoms with van der Waals surface area (Å²) in [7, 11) is 0. The maximum Gasteiger partial charge on any atom is 0.338 e. The molecule has 0 bridgehead atoms. The summed E-state index contributed by atoms with van der Waals surface area (Å²) in [5, 5.41) is 3.44. The smallest absolute Gasteiger partial charge is 0.338 e. The molecule has 1 aliphatic heterocycles. The first-order valence-electron chi connectivity index (χ1n) is 12.1. The van der Waals surface area contributed by atoms with Crippen LogP contribution in [-0.4, -0.2) is 42.3 Å². The third-order valence-electron chi connectivity index (χ3n) is 6.58. The van der Waals surface area contributed by atoms with Crippen LogP contribution in [0.3, 0.4) is 0 Å². The van der Waals surface area contributed by atoms with Crippen LogP contribution >= 0.6 is 0 Å². The minimum Gasteiger partial charge on any atom is -0.459 e. The van der Waals surface area contributed by atoms with Gasteiger partial charge in [-0.2, -0.15) is 0 Å². The molecule has 0 amide bonds. The number of esters is 1. The maximum atomic E-state index is 13.0. The van der Waals surface area contributed by atoms with Crippen LogP contribution in [0.1, 0.15) is 73.6 Å². The number of pyridine rings is 1. The molecular weight excluding hydrogens is 412 g/mol. The van der Waals surface area contributed by atoms with Gasteiger partial charge in [0.2, 0.25) is 0 Å². The van der Waals surface area contributed by atoms with Crippen molar-refractivity contribution in [2.75, 3.05) is 19.7 Å². The van der Waals surface area contributed by atoms with Crippen LogP contribution in [0.25, 0.3) is 16.6 Å². The average molecular weight is 449 g/mol. The van der Waals surface area contributed by atoms with Gasteiger partial charge >= 0.3 is 5.97 Å². The Kier molecular flexibility index (Phi) is 6.91. The van der Waals surface area contributed by atoms with Crippen molar-refractivity contribution in [3.8, 4) is 11.1 Å². The van der Waals surface area contributed by atoms with Crippen molar-refractivity contribution in [3.05, 3.63) is 65.0 Å². The summed E-state index contributed by atoms with van der Waals surface area (Å²) >= 11 is 0. The third-order valence-corrected chi connectivity index (χ3v) is 6.58. The molecule has 1 aliphatic rings. The van der Waals surface area contributed by atoms with Gasteiger partial charge in [0.05, 0.1) is 24.4 Å². The summed E-state index contributed by atoms with van der Waals surface area (Å²) in [5.41, 5.74) is 7.31. The van der Waals surface area contributed by atoms with E-state index >= 15 is 0 Å². The van der Waals surface area contributed by atoms with Crippen LogP contribution < -0.4 is 5.32 Å². The van der Waals surface area contributed by atoms with E-state index in [4.69, 9.17) is 9.47 Å². The molecule has 176 valence electrons. The highest BCUT2D eigenvalue weighted by Gasteiger charge is 2.28. The predicted octanol–water partition coefficient (Wildman–Crippen LogP) is 5.70. The molecule has 4 rings (SSSR count). The minimum absolute atomic E-state index is 0.0483. The molecule has 0 spiro atoms. The summed E-state index contributed by atoms with van der Waals surface area (Å²) in [6.45, 7) is 14.8. The van der Waals surface area contributed by atoms with Crippen LogP contribution in [0, 0.1) is 6.92 Å². The highest BCUT2D eigenvalue weighted by atomic mass is 16.5. The SMILES string of the molecule is Cc1c(C(=O)OC(C)C)cc2cc(-c3cccc(C(C)C)c3)cn2c1C(C)C1CNCCO1. The number of rotatable bonds is 6. The molecule has 2 aromatic heterocycles. The van der Waals surface area contributed by atoms with Crippen LogP contribution in [0.2, 0.25) is 0 Å². The minimum atomic E-state index is -0.273. The molecule has 33 heavy (non-hydrogen) atoms. The number of carbonyl (C=O) groups excluding carboxylic acids is 1. The predicted molar refractivity (Wildman–Crippen MR) is 133 cm³/mol. The van der Waals surface area contributed by atoms with Crippen LogP contribution in [-0.2, 0) is 9.47 Å². The van der Waals surface area contributed by atoms with Crippen LogP contribution in [0.15, 0.2) is 42.6 Å². The van der Waals surface area contributed by atoms with Crippen molar-refractivity contribution in [1.82, 2.24) is 9.72 Å². The molecule has 0 aliphatic carbocycles. The second-order valence-corrected chi connectivity index (χ2v) is 9.73. The van der Waals surface area contributed by atoms with Gasteiger partial charge in [-0.15, -0.1) is 0 Å². The zero-order valence-electron chi connectivity index (χ0n) is 20.6. The molecule has 3 aromatic rings. The van der Waals surface area contributed by atoms with E-state index in [1.54, 1.807) is 0 Å². The number of morpholine rings is 1. The Morgan fingerprint density at radius 1 is 1.12 bits per heavy atom. The fourth-order valence-electron chi connectivity index (χ4n) is 4.74. The number of nitrogens with zero attached hydrogens (tertiary/aromatic N) is 1. The summed E-state index contributed by atoms with van der Waals surface area (Å²) in [6.07, 6.45) is 2.08. The van der Waals surface area contributed by atoms with E-state index in [0.29, 0.717) is 18.1 Å². The first kappa shape index (κ1) is 23.5. The van der Waals surface area contributed by atoms with Crippen molar-refractivity contribution in [3.63, 3.8) is 0 Å². The quantitative estimate of drug-likeness (QED) is 0.492. The Labute approximate surface area is 197 Å². The molecule has 5 nitrogen and oxygen atoms in total. The van der Waals surface area contributed by atoms with E-state index in [2.05, 4.69) is 67.0 Å². The zero-order valence-corrected chi connectivity index (χ0v) is 20.6. The van der Waals surface area contributed by atoms with E-state index in [1.165, 1.54) is 11.1 Å². The van der Waals surface area contributed by atoms with Crippen molar-refractivity contribution >= 4 is 11.5 Å². The summed E-state index contributed by atoms with van der Waals surface area (Å²) in [5.74, 6) is 0.299. The molecule has 1 N–H and O–H groups in total. The molecule has 3 heterocycles. The van der Waals surface area contributed by atoms with Gasteiger partial charge in [-0.3, -0.25) is 0 Å². The van der Waals surface area contributed by atoms with E-state index in [9.17, 15) is 4.79 Å². The number of fused-ring (bicyclic) bond motifs is 1. The van der Waals surface area contributed by atoms with E-state index < -0.39 is 0 Å². The molecule has 2 atom stereocenters. The summed E-state index contributed by atoms with van der Waals surface area (Å²) in [4.78, 5) is 13.0. The Hall–Kier alpha value is -2.63. The summed E-state index contributed by atoms with van der Waals surface area (Å²) in [6, 6.07) is 12.8. The van der Waals surface area contributed by atoms with Gasteiger partial charge in [0, 0.05) is 42.0 Å². The lowest BCUT2D eigenvalue weighted by Crippen LogP contribution is -2.41. The zero-order chi connectivity index (χ0) is 23.7. The average Bonchev–Trinajstić information content (AvgIpc) is 3.22. The van der Waals surface area contributed by atoms with Gasteiger partial charge < -0.3 is 19.2 Å². The monoisotopic (exact) mass is 448 g/mol. The standard InChI is InChI=1S/C28H36N2O3/c1-17(2)21-8-7-9-22(12-21)23-13-24-14-25(28(31)33-18(3)4)19(5)27(30(24)16-23)20(6)26-15-29-10-11-32-26/h7-9,12-14,16-18,20,26,29H,10-11,15H2,1-6H3. The first-order chi connectivity index (χ1) is 15.8. The number of benzene rings is 1. The molecule has 2 unspecified atom stereocenters. The van der Waals surface area contributed by atoms with Crippen molar-refractivity contribution in [1.29, 1.82) is 0 Å². The van der Waals surface area contributed by atoms with Crippen molar-refractivity contribution in [2.24, 2.45) is 0 Å². The highest BCUT2D eigenvalue weighted by molar-refractivity contribution is 5.93. The van der Waals surface area contributed by atoms with Gasteiger partial charge in [0.15, 0.2) is 0 Å². The molecule has 0 radical (unpaired) electrons. The van der Waals surface area contributed by atoms with Crippen LogP contribution in [0.4, 0.5) is 0 Å². The molecule has 5 heteroatoms. The number of ether oxygens (including phenoxy) is 2. The lowest BCUT2D eigenvalue weighted by Gasteiger charge is -2.31. The number of nitrogens with one attached hydrogen (secondary N) is 1. The second-order valence-electron chi connectivity index (χ2n) is 9.73. The fraction of sp³-hybridized carbons (Fsp3) is 0.464. The normalized spacial score (nSPS) is 17.6. The highest BCUT2D eigenvalue weighted by Crippen LogP contribution is 2.33. The Bertz CT molecular complexity index is 1140. The number of hydrogen-bond acceptors (Lipinski definition) is 4. The van der Waals surface area contributed by atoms with Crippen molar-refractivity contribution in [2.45, 2.75) is 65.6 Å².